The maximum atomic E-state index is 12.3. The summed E-state index contributed by atoms with van der Waals surface area (Å²) >= 11 is 0. The van der Waals surface area contributed by atoms with E-state index >= 15 is 0 Å². The summed E-state index contributed by atoms with van der Waals surface area (Å²) in [6, 6.07) is 11.1. The standard InChI is InChI=1S/C16H19NO3/c1-12-8-9-13(20-12)10-17(2)11-15(18)14-6-4-5-7-16(14)19-3/h4-9H,10-11H2,1-3H3. The number of ether oxygens (including phenoxy) is 1. The molecule has 1 aromatic carbocycles. The summed E-state index contributed by atoms with van der Waals surface area (Å²) < 4.78 is 10.7. The van der Waals surface area contributed by atoms with Crippen molar-refractivity contribution in [1.82, 2.24) is 4.90 Å². The van der Waals surface area contributed by atoms with Gasteiger partial charge in [0.1, 0.15) is 17.3 Å². The van der Waals surface area contributed by atoms with Crippen molar-refractivity contribution >= 4 is 5.78 Å². The van der Waals surface area contributed by atoms with Gasteiger partial charge in [0, 0.05) is 0 Å². The number of hydrogen-bond donors (Lipinski definition) is 0. The Labute approximate surface area is 119 Å². The third kappa shape index (κ3) is 3.48. The van der Waals surface area contributed by atoms with Crippen LogP contribution in [0.15, 0.2) is 40.8 Å². The van der Waals surface area contributed by atoms with Gasteiger partial charge in [-0.2, -0.15) is 0 Å². The highest BCUT2D eigenvalue weighted by Crippen LogP contribution is 2.18. The van der Waals surface area contributed by atoms with Gasteiger partial charge in [-0.05, 0) is 38.2 Å². The minimum atomic E-state index is 0.0354. The third-order valence-electron chi connectivity index (χ3n) is 3.04. The number of ketones is 1. The molecule has 0 saturated carbocycles. The van der Waals surface area contributed by atoms with Crippen molar-refractivity contribution in [2.75, 3.05) is 20.7 Å². The van der Waals surface area contributed by atoms with E-state index in [1.54, 1.807) is 19.2 Å². The molecule has 0 fully saturated rings. The van der Waals surface area contributed by atoms with Crippen molar-refractivity contribution in [3.05, 3.63) is 53.5 Å². The normalized spacial score (nSPS) is 10.8. The minimum Gasteiger partial charge on any atom is -0.496 e. The number of nitrogens with zero attached hydrogens (tertiary/aromatic N) is 1. The van der Waals surface area contributed by atoms with Crippen LogP contribution < -0.4 is 4.74 Å². The van der Waals surface area contributed by atoms with Gasteiger partial charge in [-0.3, -0.25) is 9.69 Å². The minimum absolute atomic E-state index is 0.0354. The van der Waals surface area contributed by atoms with E-state index in [0.717, 1.165) is 11.5 Å². The maximum absolute atomic E-state index is 12.3. The fraction of sp³-hybridized carbons (Fsp3) is 0.312. The van der Waals surface area contributed by atoms with Crippen LogP contribution in [0.2, 0.25) is 0 Å². The molecule has 4 heteroatoms. The van der Waals surface area contributed by atoms with Gasteiger partial charge >= 0.3 is 0 Å². The molecule has 0 unspecified atom stereocenters. The topological polar surface area (TPSA) is 42.7 Å². The molecule has 1 aromatic heterocycles. The predicted octanol–water partition coefficient (Wildman–Crippen LogP) is 2.91. The fourth-order valence-electron chi connectivity index (χ4n) is 2.10. The van der Waals surface area contributed by atoms with Gasteiger partial charge in [0.25, 0.3) is 0 Å². The highest BCUT2D eigenvalue weighted by Gasteiger charge is 2.14. The van der Waals surface area contributed by atoms with E-state index in [0.29, 0.717) is 24.4 Å². The van der Waals surface area contributed by atoms with Gasteiger partial charge in [-0.1, -0.05) is 12.1 Å². The molecule has 0 saturated heterocycles. The van der Waals surface area contributed by atoms with Crippen molar-refractivity contribution in [2.45, 2.75) is 13.5 Å². The van der Waals surface area contributed by atoms with E-state index in [-0.39, 0.29) is 5.78 Å². The number of Topliss-reactive ketones (excluding diaryl/α,β-unsaturated/α-hetero) is 1. The Morgan fingerprint density at radius 3 is 2.65 bits per heavy atom. The number of carbonyl (C=O) groups excluding carboxylic acids is 1. The lowest BCUT2D eigenvalue weighted by Crippen LogP contribution is -2.25. The Morgan fingerprint density at radius 2 is 2.00 bits per heavy atom. The van der Waals surface area contributed by atoms with E-state index in [1.165, 1.54) is 0 Å². The largest absolute Gasteiger partial charge is 0.496 e. The number of carbonyl (C=O) groups is 1. The Balaban J connectivity index is 2.00. The van der Waals surface area contributed by atoms with Crippen molar-refractivity contribution in [2.24, 2.45) is 0 Å². The average molecular weight is 273 g/mol. The summed E-state index contributed by atoms with van der Waals surface area (Å²) in [5.41, 5.74) is 0.609. The van der Waals surface area contributed by atoms with Gasteiger partial charge < -0.3 is 9.15 Å². The molecule has 0 N–H and O–H groups in total. The number of methoxy groups -OCH3 is 1. The zero-order chi connectivity index (χ0) is 14.5. The monoisotopic (exact) mass is 273 g/mol. The molecule has 4 nitrogen and oxygen atoms in total. The van der Waals surface area contributed by atoms with Gasteiger partial charge in [0.2, 0.25) is 0 Å². The average Bonchev–Trinajstić information content (AvgIpc) is 2.83. The number of benzene rings is 1. The van der Waals surface area contributed by atoms with Crippen LogP contribution in [0.1, 0.15) is 21.9 Å². The van der Waals surface area contributed by atoms with Crippen LogP contribution in [0.5, 0.6) is 5.75 Å². The molecule has 20 heavy (non-hydrogen) atoms. The van der Waals surface area contributed by atoms with Crippen molar-refractivity contribution in [3.8, 4) is 5.75 Å². The molecule has 2 rings (SSSR count). The van der Waals surface area contributed by atoms with Crippen LogP contribution in [0.3, 0.4) is 0 Å². The molecule has 0 aliphatic rings. The number of furan rings is 1. The quantitative estimate of drug-likeness (QED) is 0.759. The fourth-order valence-corrected chi connectivity index (χ4v) is 2.10. The van der Waals surface area contributed by atoms with E-state index in [4.69, 9.17) is 9.15 Å². The van der Waals surface area contributed by atoms with Crippen molar-refractivity contribution in [3.63, 3.8) is 0 Å². The van der Waals surface area contributed by atoms with E-state index < -0.39 is 0 Å². The molecule has 2 aromatic rings. The zero-order valence-corrected chi connectivity index (χ0v) is 12.1. The Morgan fingerprint density at radius 1 is 1.25 bits per heavy atom. The summed E-state index contributed by atoms with van der Waals surface area (Å²) in [7, 11) is 3.46. The molecular weight excluding hydrogens is 254 g/mol. The summed E-state index contributed by atoms with van der Waals surface area (Å²) in [5.74, 6) is 2.38. The molecule has 1 heterocycles. The number of para-hydroxylation sites is 1. The smallest absolute Gasteiger partial charge is 0.180 e. The van der Waals surface area contributed by atoms with Crippen LogP contribution in [0, 0.1) is 6.92 Å². The van der Waals surface area contributed by atoms with Crippen LogP contribution in [-0.4, -0.2) is 31.4 Å². The molecule has 0 atom stereocenters. The highest BCUT2D eigenvalue weighted by atomic mass is 16.5. The summed E-state index contributed by atoms with van der Waals surface area (Å²) in [6.07, 6.45) is 0. The van der Waals surface area contributed by atoms with Crippen LogP contribution >= 0.6 is 0 Å². The Kier molecular flexibility index (Phi) is 4.58. The summed E-state index contributed by atoms with van der Waals surface area (Å²) in [6.45, 7) is 2.83. The molecule has 0 aliphatic carbocycles. The van der Waals surface area contributed by atoms with Crippen molar-refractivity contribution < 1.29 is 13.9 Å². The summed E-state index contributed by atoms with van der Waals surface area (Å²) in [5, 5.41) is 0. The second kappa shape index (κ2) is 6.39. The summed E-state index contributed by atoms with van der Waals surface area (Å²) in [4.78, 5) is 14.2. The van der Waals surface area contributed by atoms with Crippen LogP contribution in [-0.2, 0) is 6.54 Å². The van der Waals surface area contributed by atoms with Gasteiger partial charge in [0.05, 0.1) is 25.8 Å². The highest BCUT2D eigenvalue weighted by molar-refractivity contribution is 6.00. The molecular formula is C16H19NO3. The van der Waals surface area contributed by atoms with Crippen LogP contribution in [0.25, 0.3) is 0 Å². The first-order chi connectivity index (χ1) is 9.60. The van der Waals surface area contributed by atoms with E-state index in [1.807, 2.05) is 43.1 Å². The molecule has 0 aliphatic heterocycles. The Bertz CT molecular complexity index is 589. The lowest BCUT2D eigenvalue weighted by molar-refractivity contribution is 0.0936. The maximum Gasteiger partial charge on any atom is 0.180 e. The zero-order valence-electron chi connectivity index (χ0n) is 12.1. The third-order valence-corrected chi connectivity index (χ3v) is 3.04. The molecule has 0 radical (unpaired) electrons. The second-order valence-corrected chi connectivity index (χ2v) is 4.81. The first-order valence-corrected chi connectivity index (χ1v) is 6.50. The Hall–Kier alpha value is -2.07. The first-order valence-electron chi connectivity index (χ1n) is 6.50. The number of rotatable bonds is 6. The molecule has 106 valence electrons. The number of aryl methyl sites for hydroxylation is 1. The molecule has 0 amide bonds. The van der Waals surface area contributed by atoms with Crippen LogP contribution in [0.4, 0.5) is 0 Å². The lowest BCUT2D eigenvalue weighted by Gasteiger charge is -2.15. The second-order valence-electron chi connectivity index (χ2n) is 4.81. The lowest BCUT2D eigenvalue weighted by atomic mass is 10.1. The van der Waals surface area contributed by atoms with Gasteiger partial charge in [0.15, 0.2) is 5.78 Å². The van der Waals surface area contributed by atoms with Crippen molar-refractivity contribution in [1.29, 1.82) is 0 Å². The van der Waals surface area contributed by atoms with Gasteiger partial charge in [-0.15, -0.1) is 0 Å². The predicted molar refractivity (Wildman–Crippen MR) is 77.1 cm³/mol. The molecule has 0 bridgehead atoms. The van der Waals surface area contributed by atoms with Gasteiger partial charge in [-0.25, -0.2) is 0 Å². The molecule has 0 spiro atoms. The number of likely N-dealkylation sites (N-methyl/N-ethyl adjacent to an activating group) is 1. The first kappa shape index (κ1) is 14.3. The number of hydrogen-bond acceptors (Lipinski definition) is 4. The SMILES string of the molecule is COc1ccccc1C(=O)CN(C)Cc1ccc(C)o1. The van der Waals surface area contributed by atoms with E-state index in [9.17, 15) is 4.79 Å². The van der Waals surface area contributed by atoms with E-state index in [2.05, 4.69) is 0 Å².